The molecule has 0 bridgehead atoms. The Labute approximate surface area is 82.1 Å². The van der Waals surface area contributed by atoms with Gasteiger partial charge in [-0.25, -0.2) is 0 Å². The van der Waals surface area contributed by atoms with Gasteiger partial charge in [-0.3, -0.25) is 9.59 Å². The fraction of sp³-hybridized carbons (Fsp3) is 0.778. The number of nitrogens with one attached hydrogen (secondary N) is 1. The maximum atomic E-state index is 11.1. The van der Waals surface area contributed by atoms with Crippen molar-refractivity contribution in [3.8, 4) is 0 Å². The molecule has 1 aliphatic carbocycles. The van der Waals surface area contributed by atoms with Gasteiger partial charge in [0.15, 0.2) is 0 Å². The molecule has 0 radical (unpaired) electrons. The van der Waals surface area contributed by atoms with Gasteiger partial charge >= 0.3 is 5.97 Å². The molecule has 1 rings (SSSR count). The highest BCUT2D eigenvalue weighted by Gasteiger charge is 2.47. The summed E-state index contributed by atoms with van der Waals surface area (Å²) in [6, 6.07) is -0.121. The van der Waals surface area contributed by atoms with Crippen LogP contribution in [-0.2, 0) is 9.59 Å². The van der Waals surface area contributed by atoms with Crippen LogP contribution in [0.1, 0.15) is 26.7 Å². The normalized spacial score (nSPS) is 29.1. The zero-order valence-electron chi connectivity index (χ0n) is 8.28. The van der Waals surface area contributed by atoms with Gasteiger partial charge in [0, 0.05) is 11.5 Å². The second kappa shape index (κ2) is 3.57. The Bertz CT molecular complexity index is 262. The maximum absolute atomic E-state index is 11.1. The Kier molecular flexibility index (Phi) is 2.80. The summed E-state index contributed by atoms with van der Waals surface area (Å²) in [7, 11) is 0. The van der Waals surface area contributed by atoms with Gasteiger partial charge in [0.1, 0.15) is 6.42 Å². The van der Waals surface area contributed by atoms with E-state index in [1.807, 2.05) is 13.8 Å². The molecule has 1 saturated carbocycles. The van der Waals surface area contributed by atoms with E-state index in [0.29, 0.717) is 6.42 Å². The number of carbonyl (C=O) groups excluding carboxylic acids is 1. The number of hydrogen-bond donors (Lipinski definition) is 3. The van der Waals surface area contributed by atoms with Crippen LogP contribution in [0.15, 0.2) is 0 Å². The van der Waals surface area contributed by atoms with E-state index in [1.165, 1.54) is 0 Å². The number of aliphatic hydroxyl groups excluding tert-OH is 1. The Morgan fingerprint density at radius 3 is 2.43 bits per heavy atom. The first-order valence-corrected chi connectivity index (χ1v) is 4.53. The molecule has 2 atom stereocenters. The van der Waals surface area contributed by atoms with Crippen LogP contribution >= 0.6 is 0 Å². The summed E-state index contributed by atoms with van der Waals surface area (Å²) in [5, 5.41) is 20.3. The van der Waals surface area contributed by atoms with Gasteiger partial charge in [0.2, 0.25) is 5.91 Å². The summed E-state index contributed by atoms with van der Waals surface area (Å²) in [5.41, 5.74) is -0.353. The highest BCUT2D eigenvalue weighted by Crippen LogP contribution is 2.40. The van der Waals surface area contributed by atoms with Crippen LogP contribution < -0.4 is 5.32 Å². The topological polar surface area (TPSA) is 86.6 Å². The monoisotopic (exact) mass is 201 g/mol. The average molecular weight is 201 g/mol. The van der Waals surface area contributed by atoms with Crippen molar-refractivity contribution >= 4 is 11.9 Å². The third-order valence-electron chi connectivity index (χ3n) is 2.86. The molecule has 1 aliphatic rings. The quantitative estimate of drug-likeness (QED) is 0.549. The second-order valence-corrected chi connectivity index (χ2v) is 4.26. The Morgan fingerprint density at radius 2 is 2.07 bits per heavy atom. The molecule has 80 valence electrons. The molecule has 0 aromatic rings. The zero-order chi connectivity index (χ0) is 10.9. The molecule has 1 amide bonds. The van der Waals surface area contributed by atoms with Crippen LogP contribution in [-0.4, -0.2) is 34.2 Å². The van der Waals surface area contributed by atoms with Crippen LogP contribution in [0, 0.1) is 5.41 Å². The summed E-state index contributed by atoms with van der Waals surface area (Å²) < 4.78 is 0. The number of carboxylic acids is 1. The smallest absolute Gasteiger partial charge is 0.312 e. The lowest BCUT2D eigenvalue weighted by molar-refractivity contribution is -0.142. The molecule has 14 heavy (non-hydrogen) atoms. The molecule has 1 fully saturated rings. The van der Waals surface area contributed by atoms with Gasteiger partial charge in [-0.1, -0.05) is 13.8 Å². The lowest BCUT2D eigenvalue weighted by Gasteiger charge is -2.49. The molecule has 0 aromatic carbocycles. The Hall–Kier alpha value is -1.10. The van der Waals surface area contributed by atoms with Crippen molar-refractivity contribution in [3.63, 3.8) is 0 Å². The summed E-state index contributed by atoms with van der Waals surface area (Å²) in [4.78, 5) is 21.3. The van der Waals surface area contributed by atoms with Gasteiger partial charge < -0.3 is 15.5 Å². The zero-order valence-corrected chi connectivity index (χ0v) is 8.28. The molecule has 5 nitrogen and oxygen atoms in total. The lowest BCUT2D eigenvalue weighted by Crippen LogP contribution is -2.61. The number of aliphatic carboxylic acids is 1. The minimum absolute atomic E-state index is 0.121. The molecule has 0 spiro atoms. The third-order valence-corrected chi connectivity index (χ3v) is 2.86. The molecule has 2 unspecified atom stereocenters. The van der Waals surface area contributed by atoms with Crippen LogP contribution in [0.25, 0.3) is 0 Å². The van der Waals surface area contributed by atoms with Gasteiger partial charge in [-0.05, 0) is 6.42 Å². The predicted octanol–water partition coefficient (Wildman–Crippen LogP) is -0.263. The molecule has 0 heterocycles. The first kappa shape index (κ1) is 11.0. The molecular weight excluding hydrogens is 186 g/mol. The minimum Gasteiger partial charge on any atom is -0.481 e. The van der Waals surface area contributed by atoms with Crippen LogP contribution in [0.2, 0.25) is 0 Å². The number of rotatable bonds is 3. The average Bonchev–Trinajstić information content (AvgIpc) is 2.02. The highest BCUT2D eigenvalue weighted by molar-refractivity contribution is 5.93. The second-order valence-electron chi connectivity index (χ2n) is 4.26. The molecule has 0 saturated heterocycles. The van der Waals surface area contributed by atoms with Gasteiger partial charge in [0.25, 0.3) is 0 Å². The van der Waals surface area contributed by atoms with Crippen molar-refractivity contribution in [1.29, 1.82) is 0 Å². The summed E-state index contributed by atoms with van der Waals surface area (Å²) >= 11 is 0. The van der Waals surface area contributed by atoms with E-state index in [-0.39, 0.29) is 11.5 Å². The number of amides is 1. The first-order chi connectivity index (χ1) is 6.34. The number of hydrogen-bond acceptors (Lipinski definition) is 3. The highest BCUT2D eigenvalue weighted by atomic mass is 16.4. The first-order valence-electron chi connectivity index (χ1n) is 4.53. The largest absolute Gasteiger partial charge is 0.481 e. The van der Waals surface area contributed by atoms with Crippen LogP contribution in [0.3, 0.4) is 0 Å². The standard InChI is InChI=1S/C9H15NO4/c1-9(2)5(3-6(9)11)10-7(12)4-8(13)14/h5-6,11H,3-4H2,1-2H3,(H,10,12)(H,13,14). The molecule has 3 N–H and O–H groups in total. The predicted molar refractivity (Wildman–Crippen MR) is 48.6 cm³/mol. The SMILES string of the molecule is CC1(C)C(O)CC1NC(=O)CC(=O)O. The van der Waals surface area contributed by atoms with Crippen molar-refractivity contribution in [3.05, 3.63) is 0 Å². The molecular formula is C9H15NO4. The van der Waals surface area contributed by atoms with E-state index in [4.69, 9.17) is 5.11 Å². The van der Waals surface area contributed by atoms with E-state index in [9.17, 15) is 14.7 Å². The summed E-state index contributed by atoms with van der Waals surface area (Å²) in [6.07, 6.45) is -0.432. The van der Waals surface area contributed by atoms with Crippen molar-refractivity contribution in [2.45, 2.75) is 38.8 Å². The van der Waals surface area contributed by atoms with E-state index < -0.39 is 24.4 Å². The minimum atomic E-state index is -1.14. The molecule has 0 aliphatic heterocycles. The molecule has 5 heteroatoms. The maximum Gasteiger partial charge on any atom is 0.312 e. The summed E-state index contributed by atoms with van der Waals surface area (Å²) in [5.74, 6) is -1.64. The Morgan fingerprint density at radius 1 is 1.50 bits per heavy atom. The van der Waals surface area contributed by atoms with Crippen molar-refractivity contribution in [1.82, 2.24) is 5.32 Å². The number of aliphatic hydroxyl groups is 1. The van der Waals surface area contributed by atoms with E-state index in [2.05, 4.69) is 5.32 Å². The van der Waals surface area contributed by atoms with Crippen molar-refractivity contribution in [2.24, 2.45) is 5.41 Å². The fourth-order valence-corrected chi connectivity index (χ4v) is 1.53. The number of carbonyl (C=O) groups is 2. The van der Waals surface area contributed by atoms with Gasteiger partial charge in [0.05, 0.1) is 6.10 Å². The van der Waals surface area contributed by atoms with E-state index in [1.54, 1.807) is 0 Å². The lowest BCUT2D eigenvalue weighted by atomic mass is 9.64. The Balaban J connectivity index is 2.40. The van der Waals surface area contributed by atoms with Gasteiger partial charge in [-0.2, -0.15) is 0 Å². The van der Waals surface area contributed by atoms with Crippen LogP contribution in [0.4, 0.5) is 0 Å². The van der Waals surface area contributed by atoms with Crippen molar-refractivity contribution in [2.75, 3.05) is 0 Å². The number of carboxylic acid groups (broad SMARTS) is 1. The summed E-state index contributed by atoms with van der Waals surface area (Å²) in [6.45, 7) is 3.68. The van der Waals surface area contributed by atoms with Crippen LogP contribution in [0.5, 0.6) is 0 Å². The van der Waals surface area contributed by atoms with E-state index >= 15 is 0 Å². The van der Waals surface area contributed by atoms with Gasteiger partial charge in [-0.15, -0.1) is 0 Å². The fourth-order valence-electron chi connectivity index (χ4n) is 1.53. The van der Waals surface area contributed by atoms with Crippen molar-refractivity contribution < 1.29 is 19.8 Å². The van der Waals surface area contributed by atoms with E-state index in [0.717, 1.165) is 0 Å². The molecule has 0 aromatic heterocycles. The third kappa shape index (κ3) is 2.04.